The van der Waals surface area contributed by atoms with Crippen molar-refractivity contribution in [2.45, 2.75) is 39.2 Å². The molecule has 42 heavy (non-hydrogen) atoms. The van der Waals surface area contributed by atoms with Gasteiger partial charge in [0.05, 0.1) is 33.8 Å². The van der Waals surface area contributed by atoms with E-state index in [1.807, 2.05) is 89.2 Å². The molecule has 0 aliphatic carbocycles. The molecule has 12 heteroatoms. The molecule has 0 saturated heterocycles. The summed E-state index contributed by atoms with van der Waals surface area (Å²) in [4.78, 5) is 2.02. The average molecular weight is 612 g/mol. The van der Waals surface area contributed by atoms with Crippen molar-refractivity contribution in [1.29, 1.82) is 0 Å². The topological polar surface area (TPSA) is 136 Å². The van der Waals surface area contributed by atoms with E-state index in [9.17, 15) is 21.7 Å². The van der Waals surface area contributed by atoms with Gasteiger partial charge in [0.15, 0.2) is 12.3 Å². The lowest BCUT2D eigenvalue weighted by atomic mass is 10.1. The maximum Gasteiger partial charge on any atom is 0.379 e. The minimum Gasteiger partial charge on any atom is -0.750 e. The molecule has 1 aliphatic rings. The van der Waals surface area contributed by atoms with Crippen LogP contribution in [-0.4, -0.2) is 40.6 Å². The first-order valence-electron chi connectivity index (χ1n) is 13.6. The normalized spacial score (nSPS) is 14.8. The van der Waals surface area contributed by atoms with E-state index in [-0.39, 0.29) is 13.0 Å². The standard InChI is InChI=1S/C30H32N2O8S2/c1-22-11-13-27-25(19-22)31(15-5-7-17-38-41(33)34)29(39-27)21-30-32(16-6-8-18-42(35,36)37)26-20-24(12-14-28(26)40-30)23-9-3-2-4-10-23/h2-4,9-14,19-21H,5-8,15-18H2,1H3,(H-,33,34,35,36,37)/p-1. The van der Waals surface area contributed by atoms with Crippen molar-refractivity contribution >= 4 is 44.3 Å². The third-order valence-electron chi connectivity index (χ3n) is 6.95. The van der Waals surface area contributed by atoms with E-state index in [2.05, 4.69) is 4.18 Å². The Kier molecular flexibility index (Phi) is 9.39. The Balaban J connectivity index is 1.49. The lowest BCUT2D eigenvalue weighted by Gasteiger charge is -2.18. The zero-order chi connectivity index (χ0) is 29.7. The number of anilines is 1. The molecule has 0 N–H and O–H groups in total. The molecule has 3 aromatic carbocycles. The monoisotopic (exact) mass is 611 g/mol. The van der Waals surface area contributed by atoms with E-state index in [0.29, 0.717) is 55.5 Å². The largest absolute Gasteiger partial charge is 0.750 e. The van der Waals surface area contributed by atoms with E-state index >= 15 is 0 Å². The van der Waals surface area contributed by atoms with Crippen molar-refractivity contribution in [2.75, 3.05) is 23.8 Å². The highest BCUT2D eigenvalue weighted by atomic mass is 32.2. The number of benzene rings is 3. The summed E-state index contributed by atoms with van der Waals surface area (Å²) in [6.45, 7) is 3.07. The molecule has 10 nitrogen and oxygen atoms in total. The van der Waals surface area contributed by atoms with Crippen molar-refractivity contribution in [2.24, 2.45) is 0 Å². The number of fused-ring (bicyclic) bond motifs is 2. The number of aromatic nitrogens is 1. The number of oxazole rings is 1. The van der Waals surface area contributed by atoms with Crippen molar-refractivity contribution < 1.29 is 39.6 Å². The van der Waals surface area contributed by atoms with Crippen LogP contribution < -0.4 is 14.2 Å². The molecular weight excluding hydrogens is 580 g/mol. The van der Waals surface area contributed by atoms with E-state index in [0.717, 1.165) is 27.9 Å². The summed E-state index contributed by atoms with van der Waals surface area (Å²) in [6.07, 6.45) is 3.68. The van der Waals surface area contributed by atoms with Gasteiger partial charge in [0.2, 0.25) is 11.5 Å². The smallest absolute Gasteiger partial charge is 0.379 e. The molecule has 1 atom stereocenters. The zero-order valence-electron chi connectivity index (χ0n) is 23.1. The van der Waals surface area contributed by atoms with Crippen LogP contribution in [0.3, 0.4) is 0 Å². The molecule has 0 bridgehead atoms. The molecule has 0 saturated carbocycles. The maximum absolute atomic E-state index is 11.2. The fourth-order valence-corrected chi connectivity index (χ4v) is 5.76. The second-order valence-electron chi connectivity index (χ2n) is 10.1. The van der Waals surface area contributed by atoms with Gasteiger partial charge in [-0.2, -0.15) is 4.57 Å². The summed E-state index contributed by atoms with van der Waals surface area (Å²) in [5, 5.41) is 0. The lowest BCUT2D eigenvalue weighted by molar-refractivity contribution is -0.678. The van der Waals surface area contributed by atoms with Gasteiger partial charge in [-0.3, -0.25) is 0 Å². The summed E-state index contributed by atoms with van der Waals surface area (Å²) in [6, 6.07) is 21.8. The number of hydrogen-bond acceptors (Lipinski definition) is 9. The molecule has 1 aliphatic heterocycles. The van der Waals surface area contributed by atoms with E-state index in [1.54, 1.807) is 0 Å². The van der Waals surface area contributed by atoms with E-state index < -0.39 is 27.2 Å². The van der Waals surface area contributed by atoms with Crippen LogP contribution in [0.1, 0.15) is 37.1 Å². The van der Waals surface area contributed by atoms with Gasteiger partial charge < -0.3 is 27.3 Å². The Bertz CT molecular complexity index is 1720. The fraction of sp³-hybridized carbons (Fsp3) is 0.300. The second kappa shape index (κ2) is 13.2. The van der Waals surface area contributed by atoms with Crippen LogP contribution in [0, 0.1) is 6.92 Å². The Morgan fingerprint density at radius 1 is 1.00 bits per heavy atom. The van der Waals surface area contributed by atoms with Crippen LogP contribution in [0.2, 0.25) is 0 Å². The number of rotatable bonds is 13. The zero-order valence-corrected chi connectivity index (χ0v) is 24.7. The predicted molar refractivity (Wildman–Crippen MR) is 157 cm³/mol. The van der Waals surface area contributed by atoms with Gasteiger partial charge in [0.1, 0.15) is 6.08 Å². The highest BCUT2D eigenvalue weighted by molar-refractivity contribution is 7.85. The van der Waals surface area contributed by atoms with Gasteiger partial charge >= 0.3 is 5.89 Å². The third-order valence-corrected chi connectivity index (χ3v) is 8.10. The summed E-state index contributed by atoms with van der Waals surface area (Å²) < 4.78 is 74.1. The first-order valence-corrected chi connectivity index (χ1v) is 16.2. The highest BCUT2D eigenvalue weighted by Crippen LogP contribution is 2.40. The van der Waals surface area contributed by atoms with Gasteiger partial charge in [-0.15, -0.1) is 0 Å². The number of nitrogens with zero attached hydrogens (tertiary/aromatic N) is 2. The molecule has 0 radical (unpaired) electrons. The van der Waals surface area contributed by atoms with Crippen LogP contribution in [0.25, 0.3) is 28.3 Å². The quantitative estimate of drug-likeness (QED) is 0.0903. The summed E-state index contributed by atoms with van der Waals surface area (Å²) in [5.41, 5.74) is 5.48. The van der Waals surface area contributed by atoms with E-state index in [4.69, 9.17) is 9.15 Å². The first kappa shape index (κ1) is 29.9. The lowest BCUT2D eigenvalue weighted by Crippen LogP contribution is -2.36. The number of aryl methyl sites for hydroxylation is 2. The van der Waals surface area contributed by atoms with Crippen molar-refractivity contribution in [3.8, 4) is 16.9 Å². The molecule has 2 heterocycles. The minimum atomic E-state index is -4.30. The second-order valence-corrected chi connectivity index (χ2v) is 12.2. The van der Waals surface area contributed by atoms with Gasteiger partial charge in [-0.05, 0) is 61.1 Å². The Morgan fingerprint density at radius 3 is 2.57 bits per heavy atom. The van der Waals surface area contributed by atoms with Crippen LogP contribution >= 0.6 is 0 Å². The molecule has 0 fully saturated rings. The molecular formula is C30H31N2O8S2-. The highest BCUT2D eigenvalue weighted by Gasteiger charge is 2.30. The fourth-order valence-electron chi connectivity index (χ4n) is 4.95. The Morgan fingerprint density at radius 2 is 1.81 bits per heavy atom. The first-order chi connectivity index (χ1) is 20.2. The van der Waals surface area contributed by atoms with Crippen molar-refractivity contribution in [1.82, 2.24) is 0 Å². The van der Waals surface area contributed by atoms with Crippen LogP contribution in [0.4, 0.5) is 5.69 Å². The molecule has 4 aromatic rings. The Labute approximate surface area is 247 Å². The summed E-state index contributed by atoms with van der Waals surface area (Å²) in [5.74, 6) is 1.32. The number of ether oxygens (including phenoxy) is 1. The van der Waals surface area contributed by atoms with Gasteiger partial charge in [-0.25, -0.2) is 12.6 Å². The maximum atomic E-state index is 11.2. The molecule has 0 spiro atoms. The number of hydrogen-bond donors (Lipinski definition) is 0. The Hall–Kier alpha value is -3.55. The van der Waals surface area contributed by atoms with Gasteiger partial charge in [0.25, 0.3) is 5.52 Å². The minimum absolute atomic E-state index is 0.0942. The van der Waals surface area contributed by atoms with Gasteiger partial charge in [-0.1, -0.05) is 42.5 Å². The molecule has 1 aromatic heterocycles. The summed E-state index contributed by atoms with van der Waals surface area (Å²) in [7, 11) is -4.30. The van der Waals surface area contributed by atoms with E-state index in [1.165, 1.54) is 0 Å². The predicted octanol–water partition coefficient (Wildman–Crippen LogP) is 4.81. The molecule has 0 amide bonds. The van der Waals surface area contributed by atoms with Crippen molar-refractivity contribution in [3.05, 3.63) is 84.1 Å². The van der Waals surface area contributed by atoms with Crippen LogP contribution in [0.15, 0.2) is 77.0 Å². The summed E-state index contributed by atoms with van der Waals surface area (Å²) >= 11 is -2.54. The average Bonchev–Trinajstić information content (AvgIpc) is 3.47. The van der Waals surface area contributed by atoms with Crippen molar-refractivity contribution in [3.63, 3.8) is 0 Å². The molecule has 1 unspecified atom stereocenters. The SMILES string of the molecule is Cc1ccc2c(c1)N(CCCCOS(=O)[O-])/C(=C/c1oc3ccc(-c4ccccc4)cc3[n+]1CCCCS(=O)(=O)[O-])O2. The third kappa shape index (κ3) is 7.44. The molecule has 5 rings (SSSR count). The van der Waals surface area contributed by atoms with Crippen LogP contribution in [0.5, 0.6) is 5.75 Å². The van der Waals surface area contributed by atoms with Gasteiger partial charge in [0, 0.05) is 24.8 Å². The number of unbranched alkanes of at least 4 members (excludes halogenated alkanes) is 2. The molecule has 222 valence electrons. The van der Waals surface area contributed by atoms with Crippen LogP contribution in [-0.2, 0) is 32.2 Å².